The fourth-order valence-electron chi connectivity index (χ4n) is 2.71. The molecule has 2 rings (SSSR count). The number of ether oxygens (including phenoxy) is 1. The molecule has 1 aliphatic rings. The topological polar surface area (TPSA) is 88.4 Å². The highest BCUT2D eigenvalue weighted by atomic mass is 16.6. The van der Waals surface area contributed by atoms with Gasteiger partial charge in [0.25, 0.3) is 0 Å². The molecule has 1 fully saturated rings. The number of nitrogens with one attached hydrogen (secondary N) is 2. The van der Waals surface area contributed by atoms with Crippen molar-refractivity contribution in [1.82, 2.24) is 15.1 Å². The van der Waals surface area contributed by atoms with Crippen LogP contribution >= 0.6 is 0 Å². The van der Waals surface area contributed by atoms with Crippen LogP contribution in [-0.2, 0) is 18.3 Å². The minimum Gasteiger partial charge on any atom is -0.444 e. The molecule has 0 spiro atoms. The van der Waals surface area contributed by atoms with Crippen LogP contribution < -0.4 is 10.6 Å². The summed E-state index contributed by atoms with van der Waals surface area (Å²) in [5.74, 6) is 0.641. The molecule has 0 radical (unpaired) electrons. The summed E-state index contributed by atoms with van der Waals surface area (Å²) in [5, 5.41) is 20.0. The molecule has 1 heterocycles. The van der Waals surface area contributed by atoms with Crippen LogP contribution in [0.15, 0.2) is 6.20 Å². The van der Waals surface area contributed by atoms with Crippen LogP contribution in [0.1, 0.15) is 52.0 Å². The van der Waals surface area contributed by atoms with Gasteiger partial charge in [0, 0.05) is 25.2 Å². The van der Waals surface area contributed by atoms with Crippen molar-refractivity contribution in [2.75, 3.05) is 5.32 Å². The Balaban J connectivity index is 1.91. The van der Waals surface area contributed by atoms with E-state index in [0.29, 0.717) is 18.4 Å². The van der Waals surface area contributed by atoms with E-state index in [4.69, 9.17) is 4.74 Å². The summed E-state index contributed by atoms with van der Waals surface area (Å²) in [7, 11) is 1.78. The van der Waals surface area contributed by atoms with Gasteiger partial charge < -0.3 is 15.2 Å². The van der Waals surface area contributed by atoms with Crippen molar-refractivity contribution >= 4 is 11.9 Å². The van der Waals surface area contributed by atoms with Crippen molar-refractivity contribution in [3.63, 3.8) is 0 Å². The zero-order valence-corrected chi connectivity index (χ0v) is 14.4. The molecule has 0 unspecified atom stereocenters. The third-order valence-corrected chi connectivity index (χ3v) is 3.91. The monoisotopic (exact) mass is 324 g/mol. The lowest BCUT2D eigenvalue weighted by atomic mass is 9.93. The van der Waals surface area contributed by atoms with Crippen LogP contribution in [0.25, 0.3) is 0 Å². The molecule has 1 amide bonds. The largest absolute Gasteiger partial charge is 0.444 e. The second-order valence-corrected chi connectivity index (χ2v) is 7.16. The standard InChI is InChI=1S/C16H28N4O3/c1-16(2,3)23-15(22)19-14-11(10-18-20(14)4)9-17-12-5-7-13(21)8-6-12/h10,12-13,17,21H,5-9H2,1-4H3,(H,19,22). The molecule has 1 aromatic heterocycles. The summed E-state index contributed by atoms with van der Waals surface area (Å²) in [6, 6.07) is 0.396. The van der Waals surface area contributed by atoms with E-state index in [0.717, 1.165) is 31.2 Å². The predicted octanol–water partition coefficient (Wildman–Crippen LogP) is 2.16. The van der Waals surface area contributed by atoms with Gasteiger partial charge >= 0.3 is 6.09 Å². The fraction of sp³-hybridized carbons (Fsp3) is 0.750. The molecule has 7 heteroatoms. The molecule has 0 aromatic carbocycles. The Bertz CT molecular complexity index is 528. The molecule has 7 nitrogen and oxygen atoms in total. The Hall–Kier alpha value is -1.60. The number of hydrogen-bond donors (Lipinski definition) is 3. The third kappa shape index (κ3) is 5.51. The molecule has 0 bridgehead atoms. The van der Waals surface area contributed by atoms with Gasteiger partial charge in [-0.3, -0.25) is 10.00 Å². The van der Waals surface area contributed by atoms with Crippen molar-refractivity contribution in [2.45, 2.75) is 70.7 Å². The van der Waals surface area contributed by atoms with E-state index in [9.17, 15) is 9.90 Å². The first-order valence-corrected chi connectivity index (χ1v) is 8.17. The molecule has 0 saturated heterocycles. The number of amides is 1. The van der Waals surface area contributed by atoms with Crippen molar-refractivity contribution in [3.8, 4) is 0 Å². The number of anilines is 1. The number of aliphatic hydroxyl groups excluding tert-OH is 1. The summed E-state index contributed by atoms with van der Waals surface area (Å²) in [4.78, 5) is 11.9. The molecule has 3 N–H and O–H groups in total. The number of nitrogens with zero attached hydrogens (tertiary/aromatic N) is 2. The van der Waals surface area contributed by atoms with E-state index in [-0.39, 0.29) is 6.10 Å². The number of hydrogen-bond acceptors (Lipinski definition) is 5. The molecule has 0 atom stereocenters. The second kappa shape index (κ2) is 7.31. The smallest absolute Gasteiger partial charge is 0.413 e. The lowest BCUT2D eigenvalue weighted by Gasteiger charge is -2.26. The fourth-order valence-corrected chi connectivity index (χ4v) is 2.71. The van der Waals surface area contributed by atoms with E-state index in [1.165, 1.54) is 0 Å². The maximum absolute atomic E-state index is 11.9. The zero-order valence-electron chi connectivity index (χ0n) is 14.4. The maximum Gasteiger partial charge on any atom is 0.413 e. The molecular weight excluding hydrogens is 296 g/mol. The molecule has 130 valence electrons. The lowest BCUT2D eigenvalue weighted by molar-refractivity contribution is 0.0634. The van der Waals surface area contributed by atoms with Crippen molar-refractivity contribution in [3.05, 3.63) is 11.8 Å². The Morgan fingerprint density at radius 2 is 2.04 bits per heavy atom. The minimum atomic E-state index is -0.538. The molecule has 1 aliphatic carbocycles. The summed E-state index contributed by atoms with van der Waals surface area (Å²) < 4.78 is 6.92. The first kappa shape index (κ1) is 17.7. The van der Waals surface area contributed by atoms with Crippen molar-refractivity contribution in [2.24, 2.45) is 7.05 Å². The SMILES string of the molecule is Cn1ncc(CNC2CCC(O)CC2)c1NC(=O)OC(C)(C)C. The van der Waals surface area contributed by atoms with Gasteiger partial charge in [-0.05, 0) is 46.5 Å². The molecule has 0 aliphatic heterocycles. The first-order valence-electron chi connectivity index (χ1n) is 8.17. The van der Waals surface area contributed by atoms with Gasteiger partial charge in [0.2, 0.25) is 0 Å². The second-order valence-electron chi connectivity index (χ2n) is 7.16. The average molecular weight is 324 g/mol. The lowest BCUT2D eigenvalue weighted by Crippen LogP contribution is -2.34. The Labute approximate surface area is 137 Å². The number of carbonyl (C=O) groups is 1. The van der Waals surface area contributed by atoms with Crippen molar-refractivity contribution < 1.29 is 14.6 Å². The van der Waals surface area contributed by atoms with Gasteiger partial charge in [-0.1, -0.05) is 0 Å². The van der Waals surface area contributed by atoms with Crippen molar-refractivity contribution in [1.29, 1.82) is 0 Å². The first-order chi connectivity index (χ1) is 10.7. The van der Waals surface area contributed by atoms with Crippen LogP contribution in [0.2, 0.25) is 0 Å². The predicted molar refractivity (Wildman–Crippen MR) is 88.2 cm³/mol. The van der Waals surface area contributed by atoms with Crippen LogP contribution in [0.5, 0.6) is 0 Å². The van der Waals surface area contributed by atoms with Gasteiger partial charge in [0.05, 0.1) is 12.3 Å². The van der Waals surface area contributed by atoms with E-state index >= 15 is 0 Å². The number of carbonyl (C=O) groups excluding carboxylic acids is 1. The van der Waals surface area contributed by atoms with Gasteiger partial charge in [0.1, 0.15) is 11.4 Å². The number of rotatable bonds is 4. The summed E-state index contributed by atoms with van der Waals surface area (Å²) in [5.41, 5.74) is 0.383. The molecule has 23 heavy (non-hydrogen) atoms. The highest BCUT2D eigenvalue weighted by Gasteiger charge is 2.21. The Morgan fingerprint density at radius 1 is 1.39 bits per heavy atom. The third-order valence-electron chi connectivity index (χ3n) is 3.91. The maximum atomic E-state index is 11.9. The number of aromatic nitrogens is 2. The Kier molecular flexibility index (Phi) is 5.64. The average Bonchev–Trinajstić information content (AvgIpc) is 2.77. The Morgan fingerprint density at radius 3 is 2.65 bits per heavy atom. The van der Waals surface area contributed by atoms with E-state index in [2.05, 4.69) is 15.7 Å². The van der Waals surface area contributed by atoms with Gasteiger partial charge in [-0.2, -0.15) is 5.10 Å². The minimum absolute atomic E-state index is 0.157. The zero-order chi connectivity index (χ0) is 17.0. The van der Waals surface area contributed by atoms with E-state index in [1.54, 1.807) is 17.9 Å². The number of aryl methyl sites for hydroxylation is 1. The summed E-state index contributed by atoms with van der Waals surface area (Å²) in [6.45, 7) is 6.11. The van der Waals surface area contributed by atoms with Gasteiger partial charge in [0.15, 0.2) is 0 Å². The molecule has 1 aromatic rings. The van der Waals surface area contributed by atoms with E-state index in [1.807, 2.05) is 20.8 Å². The summed E-state index contributed by atoms with van der Waals surface area (Å²) in [6.07, 6.45) is 4.73. The number of aliphatic hydroxyl groups is 1. The highest BCUT2D eigenvalue weighted by Crippen LogP contribution is 2.20. The highest BCUT2D eigenvalue weighted by molar-refractivity contribution is 5.84. The van der Waals surface area contributed by atoms with Crippen LogP contribution in [-0.4, -0.2) is 38.7 Å². The quantitative estimate of drug-likeness (QED) is 0.790. The van der Waals surface area contributed by atoms with Gasteiger partial charge in [-0.15, -0.1) is 0 Å². The van der Waals surface area contributed by atoms with Gasteiger partial charge in [-0.25, -0.2) is 4.79 Å². The molecule has 1 saturated carbocycles. The van der Waals surface area contributed by atoms with Crippen LogP contribution in [0.4, 0.5) is 10.6 Å². The van der Waals surface area contributed by atoms with E-state index < -0.39 is 11.7 Å². The van der Waals surface area contributed by atoms with Crippen LogP contribution in [0, 0.1) is 0 Å². The summed E-state index contributed by atoms with van der Waals surface area (Å²) >= 11 is 0. The van der Waals surface area contributed by atoms with Crippen LogP contribution in [0.3, 0.4) is 0 Å². The molecular formula is C16H28N4O3. The normalized spacial score (nSPS) is 22.0.